The van der Waals surface area contributed by atoms with Gasteiger partial charge in [-0.15, -0.1) is 0 Å². The van der Waals surface area contributed by atoms with Crippen molar-refractivity contribution in [1.82, 2.24) is 19.5 Å². The van der Waals surface area contributed by atoms with Crippen LogP contribution in [0.3, 0.4) is 0 Å². The molecule has 1 saturated carbocycles. The number of aromatic nitrogens is 4. The number of hydrogen-bond acceptors (Lipinski definition) is 5. The van der Waals surface area contributed by atoms with Gasteiger partial charge in [-0.3, -0.25) is 0 Å². The lowest BCUT2D eigenvalue weighted by Crippen LogP contribution is -2.19. The van der Waals surface area contributed by atoms with Gasteiger partial charge in [-0.05, 0) is 44.1 Å². The van der Waals surface area contributed by atoms with Crippen LogP contribution in [0.25, 0.3) is 28.6 Å². The highest BCUT2D eigenvalue weighted by atomic mass is 19.1. The summed E-state index contributed by atoms with van der Waals surface area (Å²) >= 11 is 0. The minimum atomic E-state index is -0.787. The Kier molecular flexibility index (Phi) is 4.39. The molecule has 0 bridgehead atoms. The fourth-order valence-electron chi connectivity index (χ4n) is 3.64. The summed E-state index contributed by atoms with van der Waals surface area (Å²) < 4.78 is 15.5. The van der Waals surface area contributed by atoms with Crippen LogP contribution in [0.5, 0.6) is 0 Å². The summed E-state index contributed by atoms with van der Waals surface area (Å²) in [5.41, 5.74) is 7.09. The number of rotatable bonds is 4. The third kappa shape index (κ3) is 3.30. The molecule has 27 heavy (non-hydrogen) atoms. The first-order valence-electron chi connectivity index (χ1n) is 9.20. The second kappa shape index (κ2) is 6.74. The molecule has 140 valence electrons. The van der Waals surface area contributed by atoms with Crippen LogP contribution in [-0.2, 0) is 6.54 Å². The van der Waals surface area contributed by atoms with E-state index in [1.165, 1.54) is 12.1 Å². The molecule has 1 aliphatic carbocycles. The molecule has 0 unspecified atom stereocenters. The minimum Gasteiger partial charge on any atom is -0.386 e. The number of nitrogens with two attached hydrogens (primary N) is 1. The maximum absolute atomic E-state index is 13.6. The summed E-state index contributed by atoms with van der Waals surface area (Å²) in [6, 6.07) is 6.28. The Balaban J connectivity index is 1.81. The van der Waals surface area contributed by atoms with Crippen LogP contribution in [0.1, 0.15) is 38.4 Å². The zero-order chi connectivity index (χ0) is 19.0. The number of imidazole rings is 1. The Morgan fingerprint density at radius 3 is 2.74 bits per heavy atom. The van der Waals surface area contributed by atoms with Crippen molar-refractivity contribution in [2.45, 2.75) is 44.8 Å². The van der Waals surface area contributed by atoms with Gasteiger partial charge in [-0.25, -0.2) is 19.3 Å². The highest BCUT2D eigenvalue weighted by Crippen LogP contribution is 2.31. The smallest absolute Gasteiger partial charge is 0.166 e. The Morgan fingerprint density at radius 1 is 1.26 bits per heavy atom. The molecular weight excluding hydrogens is 345 g/mol. The average molecular weight is 367 g/mol. The molecule has 2 heterocycles. The van der Waals surface area contributed by atoms with E-state index in [-0.39, 0.29) is 11.6 Å². The second-order valence-electron chi connectivity index (χ2n) is 6.97. The normalized spacial score (nSPS) is 16.6. The number of halogens is 1. The third-order valence-corrected chi connectivity index (χ3v) is 5.05. The van der Waals surface area contributed by atoms with E-state index in [0.717, 1.165) is 25.7 Å². The van der Waals surface area contributed by atoms with Crippen LogP contribution in [0.2, 0.25) is 0 Å². The van der Waals surface area contributed by atoms with Crippen molar-refractivity contribution in [3.8, 4) is 11.4 Å². The van der Waals surface area contributed by atoms with Gasteiger partial charge in [0, 0.05) is 12.1 Å². The van der Waals surface area contributed by atoms with Gasteiger partial charge in [0.1, 0.15) is 11.6 Å². The van der Waals surface area contributed by atoms with E-state index in [9.17, 15) is 9.50 Å². The van der Waals surface area contributed by atoms with Gasteiger partial charge in [0.2, 0.25) is 0 Å². The molecule has 3 N–H and O–H groups in total. The standard InChI is InChI=1S/C20H22FN5O/c1-2-26-18(13-6-5-7-14(21)12-13)25-16-17(22)23-15(24-19(16)26)8-11-20(27)9-3-4-10-20/h5-8,11-12,27H,2-4,9-10H2,1H3,(H2,22,23,24)/b11-8+. The number of anilines is 1. The highest BCUT2D eigenvalue weighted by Gasteiger charge is 2.28. The largest absolute Gasteiger partial charge is 0.386 e. The van der Waals surface area contributed by atoms with Crippen LogP contribution in [0, 0.1) is 5.82 Å². The zero-order valence-corrected chi connectivity index (χ0v) is 15.2. The van der Waals surface area contributed by atoms with Crippen molar-refractivity contribution in [2.75, 3.05) is 5.73 Å². The summed E-state index contributed by atoms with van der Waals surface area (Å²) in [5, 5.41) is 10.5. The SMILES string of the molecule is CCn1c(-c2cccc(F)c2)nc2c(N)nc(/C=C/C3(O)CCCC3)nc21. The Morgan fingerprint density at radius 2 is 2.04 bits per heavy atom. The van der Waals surface area contributed by atoms with Gasteiger partial charge in [-0.1, -0.05) is 25.0 Å². The number of aryl methyl sites for hydroxylation is 1. The lowest BCUT2D eigenvalue weighted by molar-refractivity contribution is 0.100. The van der Waals surface area contributed by atoms with Crippen molar-refractivity contribution in [1.29, 1.82) is 0 Å². The van der Waals surface area contributed by atoms with Crippen molar-refractivity contribution in [3.63, 3.8) is 0 Å². The molecular formula is C20H22FN5O. The molecule has 7 heteroatoms. The molecule has 1 fully saturated rings. The van der Waals surface area contributed by atoms with Gasteiger partial charge in [0.05, 0.1) is 5.60 Å². The van der Waals surface area contributed by atoms with E-state index < -0.39 is 5.60 Å². The molecule has 0 radical (unpaired) electrons. The topological polar surface area (TPSA) is 89.9 Å². The summed E-state index contributed by atoms with van der Waals surface area (Å²) in [6.45, 7) is 2.57. The van der Waals surface area contributed by atoms with E-state index in [4.69, 9.17) is 5.73 Å². The average Bonchev–Trinajstić information content (AvgIpc) is 3.24. The summed E-state index contributed by atoms with van der Waals surface area (Å²) in [6.07, 6.45) is 7.01. The lowest BCUT2D eigenvalue weighted by Gasteiger charge is -2.16. The predicted molar refractivity (Wildman–Crippen MR) is 103 cm³/mol. The third-order valence-electron chi connectivity index (χ3n) is 5.05. The molecule has 1 aliphatic rings. The van der Waals surface area contributed by atoms with E-state index >= 15 is 0 Å². The molecule has 0 aliphatic heterocycles. The summed E-state index contributed by atoms with van der Waals surface area (Å²) in [7, 11) is 0. The van der Waals surface area contributed by atoms with Crippen LogP contribution in [0.15, 0.2) is 30.3 Å². The molecule has 4 rings (SSSR count). The molecule has 0 saturated heterocycles. The van der Waals surface area contributed by atoms with Gasteiger partial charge in [-0.2, -0.15) is 0 Å². The van der Waals surface area contributed by atoms with Crippen molar-refractivity contribution in [3.05, 3.63) is 42.0 Å². The van der Waals surface area contributed by atoms with Crippen LogP contribution in [-0.4, -0.2) is 30.2 Å². The van der Waals surface area contributed by atoms with Crippen molar-refractivity contribution < 1.29 is 9.50 Å². The first kappa shape index (κ1) is 17.6. The van der Waals surface area contributed by atoms with Gasteiger partial charge >= 0.3 is 0 Å². The molecule has 2 aromatic heterocycles. The van der Waals surface area contributed by atoms with Gasteiger partial charge < -0.3 is 15.4 Å². The van der Waals surface area contributed by atoms with Crippen LogP contribution >= 0.6 is 0 Å². The number of benzene rings is 1. The summed E-state index contributed by atoms with van der Waals surface area (Å²) in [4.78, 5) is 13.5. The fourth-order valence-corrected chi connectivity index (χ4v) is 3.64. The molecule has 0 spiro atoms. The van der Waals surface area contributed by atoms with E-state index in [1.54, 1.807) is 24.3 Å². The number of aliphatic hydroxyl groups is 1. The van der Waals surface area contributed by atoms with Gasteiger partial charge in [0.25, 0.3) is 0 Å². The Labute approximate surface area is 156 Å². The second-order valence-corrected chi connectivity index (χ2v) is 6.97. The highest BCUT2D eigenvalue weighted by molar-refractivity contribution is 5.86. The quantitative estimate of drug-likeness (QED) is 0.736. The molecule has 0 amide bonds. The van der Waals surface area contributed by atoms with Crippen LogP contribution in [0.4, 0.5) is 10.2 Å². The number of nitrogen functional groups attached to an aromatic ring is 1. The van der Waals surface area contributed by atoms with Gasteiger partial charge in [0.15, 0.2) is 22.8 Å². The minimum absolute atomic E-state index is 0.267. The number of hydrogen-bond donors (Lipinski definition) is 2. The zero-order valence-electron chi connectivity index (χ0n) is 15.2. The van der Waals surface area contributed by atoms with Crippen molar-refractivity contribution >= 4 is 23.1 Å². The van der Waals surface area contributed by atoms with Crippen molar-refractivity contribution in [2.24, 2.45) is 0 Å². The molecule has 1 aromatic carbocycles. The number of nitrogens with zero attached hydrogens (tertiary/aromatic N) is 4. The maximum atomic E-state index is 13.6. The lowest BCUT2D eigenvalue weighted by atomic mass is 10.0. The Bertz CT molecular complexity index is 1020. The number of fused-ring (bicyclic) bond motifs is 1. The maximum Gasteiger partial charge on any atom is 0.166 e. The molecule has 0 atom stereocenters. The summed E-state index contributed by atoms with van der Waals surface area (Å²) in [5.74, 6) is 0.974. The van der Waals surface area contributed by atoms with E-state index in [1.807, 2.05) is 11.5 Å². The predicted octanol–water partition coefficient (Wildman–Crippen LogP) is 3.55. The first-order chi connectivity index (χ1) is 13.0. The van der Waals surface area contributed by atoms with Crippen LogP contribution < -0.4 is 5.73 Å². The van der Waals surface area contributed by atoms with E-state index in [0.29, 0.717) is 34.9 Å². The Hall–Kier alpha value is -2.80. The van der Waals surface area contributed by atoms with E-state index in [2.05, 4.69) is 15.0 Å². The molecule has 6 nitrogen and oxygen atoms in total. The fraction of sp³-hybridized carbons (Fsp3) is 0.350. The monoisotopic (exact) mass is 367 g/mol. The molecule has 3 aromatic rings. The first-order valence-corrected chi connectivity index (χ1v) is 9.20.